The fraction of sp³-hybridized carbons (Fsp3) is 0.467. The number of nitrogens with two attached hydrogens (primary N) is 1. The SMILES string of the molecule is Cl.Nc1nc(N2CCN(CS(=O)(=O)Cc3ccc(Br)cc3)C(CO)C2)n[nH]1. The van der Waals surface area contributed by atoms with Crippen molar-refractivity contribution in [2.45, 2.75) is 11.8 Å². The zero-order valence-corrected chi connectivity index (χ0v) is 17.7. The molecule has 9 nitrogen and oxygen atoms in total. The Labute approximate surface area is 172 Å². The number of benzene rings is 1. The summed E-state index contributed by atoms with van der Waals surface area (Å²) < 4.78 is 26.1. The minimum atomic E-state index is -3.34. The summed E-state index contributed by atoms with van der Waals surface area (Å²) in [7, 11) is -3.34. The molecule has 1 aliphatic rings. The van der Waals surface area contributed by atoms with E-state index in [9.17, 15) is 13.5 Å². The molecule has 0 bridgehead atoms. The lowest BCUT2D eigenvalue weighted by molar-refractivity contribution is 0.127. The van der Waals surface area contributed by atoms with E-state index in [1.807, 2.05) is 17.0 Å². The number of hydrogen-bond acceptors (Lipinski definition) is 8. The lowest BCUT2D eigenvalue weighted by atomic mass is 10.2. The molecule has 4 N–H and O–H groups in total. The van der Waals surface area contributed by atoms with E-state index in [4.69, 9.17) is 5.73 Å². The van der Waals surface area contributed by atoms with Crippen LogP contribution in [0.3, 0.4) is 0 Å². The van der Waals surface area contributed by atoms with Gasteiger partial charge in [0, 0.05) is 24.1 Å². The van der Waals surface area contributed by atoms with Gasteiger partial charge in [-0.25, -0.2) is 13.5 Å². The van der Waals surface area contributed by atoms with Crippen LogP contribution in [0.2, 0.25) is 0 Å². The van der Waals surface area contributed by atoms with Crippen LogP contribution in [0.15, 0.2) is 28.7 Å². The molecule has 2 aromatic rings. The summed E-state index contributed by atoms with van der Waals surface area (Å²) in [6, 6.07) is 6.90. The molecule has 150 valence electrons. The van der Waals surface area contributed by atoms with E-state index < -0.39 is 9.84 Å². The fourth-order valence-electron chi connectivity index (χ4n) is 2.96. The number of piperazine rings is 1. The second-order valence-corrected chi connectivity index (χ2v) is 9.21. The highest BCUT2D eigenvalue weighted by Gasteiger charge is 2.31. The van der Waals surface area contributed by atoms with Crippen molar-refractivity contribution in [2.24, 2.45) is 0 Å². The first-order chi connectivity index (χ1) is 12.4. The highest BCUT2D eigenvalue weighted by Crippen LogP contribution is 2.18. The van der Waals surface area contributed by atoms with Crippen molar-refractivity contribution in [2.75, 3.05) is 42.8 Å². The number of sulfone groups is 1. The molecule has 0 amide bonds. The average molecular weight is 482 g/mol. The zero-order valence-electron chi connectivity index (χ0n) is 14.5. The molecule has 1 fully saturated rings. The number of aliphatic hydroxyl groups excluding tert-OH is 1. The van der Waals surface area contributed by atoms with Gasteiger partial charge in [-0.15, -0.1) is 17.5 Å². The second-order valence-electron chi connectivity index (χ2n) is 6.26. The van der Waals surface area contributed by atoms with Gasteiger partial charge in [0.05, 0.1) is 18.4 Å². The first kappa shape index (κ1) is 21.9. The molecule has 12 heteroatoms. The molecule has 1 aliphatic heterocycles. The highest BCUT2D eigenvalue weighted by atomic mass is 79.9. The Bertz CT molecular complexity index is 847. The number of nitrogen functional groups attached to an aromatic ring is 1. The van der Waals surface area contributed by atoms with Crippen LogP contribution in [0.25, 0.3) is 0 Å². The monoisotopic (exact) mass is 480 g/mol. The molecule has 0 spiro atoms. The predicted octanol–water partition coefficient (Wildman–Crippen LogP) is 0.627. The van der Waals surface area contributed by atoms with Crippen LogP contribution in [-0.2, 0) is 15.6 Å². The largest absolute Gasteiger partial charge is 0.395 e. The van der Waals surface area contributed by atoms with Crippen LogP contribution in [0.4, 0.5) is 11.9 Å². The van der Waals surface area contributed by atoms with E-state index in [0.717, 1.165) is 10.0 Å². The number of aliphatic hydroxyl groups is 1. The van der Waals surface area contributed by atoms with Gasteiger partial charge in [0.25, 0.3) is 0 Å². The molecule has 2 heterocycles. The summed E-state index contributed by atoms with van der Waals surface area (Å²) in [6.07, 6.45) is 0. The van der Waals surface area contributed by atoms with Gasteiger partial charge in [-0.2, -0.15) is 4.98 Å². The van der Waals surface area contributed by atoms with Crippen molar-refractivity contribution in [3.05, 3.63) is 34.3 Å². The molecule has 1 atom stereocenters. The normalized spacial score (nSPS) is 18.3. The minimum absolute atomic E-state index is 0. The van der Waals surface area contributed by atoms with Gasteiger partial charge in [0.15, 0.2) is 9.84 Å². The van der Waals surface area contributed by atoms with Crippen molar-refractivity contribution in [1.29, 1.82) is 0 Å². The third-order valence-corrected chi connectivity index (χ3v) is 6.28. The number of aromatic amines is 1. The molecule has 1 unspecified atom stereocenters. The van der Waals surface area contributed by atoms with Gasteiger partial charge in [-0.1, -0.05) is 28.1 Å². The van der Waals surface area contributed by atoms with Gasteiger partial charge in [0.2, 0.25) is 11.9 Å². The number of H-pyrrole nitrogens is 1. The standard InChI is InChI=1S/C15H21BrN6O3S.ClH/c16-12-3-1-11(2-4-12)9-26(24,25)10-22-6-5-21(7-13(22)8-23)15-18-14(17)19-20-15;/h1-4,13,23H,5-10H2,(H3,17,18,19,20);1H. The topological polar surface area (TPSA) is 128 Å². The van der Waals surface area contributed by atoms with Gasteiger partial charge in [-0.05, 0) is 17.7 Å². The first-order valence-electron chi connectivity index (χ1n) is 8.09. The summed E-state index contributed by atoms with van der Waals surface area (Å²) in [5.41, 5.74) is 6.29. The summed E-state index contributed by atoms with van der Waals surface area (Å²) in [5.74, 6) is 0.548. The molecule has 1 saturated heterocycles. The maximum absolute atomic E-state index is 12.6. The number of nitrogens with one attached hydrogen (secondary N) is 1. The first-order valence-corrected chi connectivity index (χ1v) is 10.7. The summed E-state index contributed by atoms with van der Waals surface area (Å²) in [5, 5.41) is 16.3. The number of aromatic nitrogens is 3. The van der Waals surface area contributed by atoms with Crippen LogP contribution in [0.1, 0.15) is 5.56 Å². The van der Waals surface area contributed by atoms with Crippen LogP contribution >= 0.6 is 28.3 Å². The van der Waals surface area contributed by atoms with Gasteiger partial charge >= 0.3 is 0 Å². The molecule has 0 saturated carbocycles. The molecule has 0 radical (unpaired) electrons. The maximum atomic E-state index is 12.6. The Morgan fingerprint density at radius 3 is 2.59 bits per heavy atom. The van der Waals surface area contributed by atoms with Crippen LogP contribution in [0.5, 0.6) is 0 Å². The number of anilines is 2. The van der Waals surface area contributed by atoms with E-state index >= 15 is 0 Å². The minimum Gasteiger partial charge on any atom is -0.395 e. The molecule has 0 aliphatic carbocycles. The maximum Gasteiger partial charge on any atom is 0.246 e. The van der Waals surface area contributed by atoms with Crippen LogP contribution in [-0.4, -0.2) is 71.8 Å². The Balaban J connectivity index is 0.00000261. The highest BCUT2D eigenvalue weighted by molar-refractivity contribution is 9.10. The number of halogens is 2. The van der Waals surface area contributed by atoms with Crippen molar-refractivity contribution < 1.29 is 13.5 Å². The average Bonchev–Trinajstić information content (AvgIpc) is 3.03. The number of rotatable bonds is 6. The zero-order chi connectivity index (χ0) is 18.7. The van der Waals surface area contributed by atoms with Crippen molar-refractivity contribution in [3.63, 3.8) is 0 Å². The Hall–Kier alpha value is -1.40. The third kappa shape index (κ3) is 5.79. The second kappa shape index (κ2) is 9.20. The van der Waals surface area contributed by atoms with Gasteiger partial charge in [-0.3, -0.25) is 4.90 Å². The van der Waals surface area contributed by atoms with E-state index in [1.54, 1.807) is 17.0 Å². The van der Waals surface area contributed by atoms with E-state index in [0.29, 0.717) is 25.6 Å². The lowest BCUT2D eigenvalue weighted by Gasteiger charge is -2.39. The van der Waals surface area contributed by atoms with E-state index in [-0.39, 0.29) is 42.6 Å². The lowest BCUT2D eigenvalue weighted by Crippen LogP contribution is -2.56. The molecule has 3 rings (SSSR count). The smallest absolute Gasteiger partial charge is 0.246 e. The van der Waals surface area contributed by atoms with E-state index in [2.05, 4.69) is 31.1 Å². The summed E-state index contributed by atoms with van der Waals surface area (Å²) >= 11 is 3.34. The summed E-state index contributed by atoms with van der Waals surface area (Å²) in [4.78, 5) is 7.75. The molecular weight excluding hydrogens is 460 g/mol. The Morgan fingerprint density at radius 1 is 1.30 bits per heavy atom. The van der Waals surface area contributed by atoms with Crippen molar-refractivity contribution in [1.82, 2.24) is 20.1 Å². The number of nitrogens with zero attached hydrogens (tertiary/aromatic N) is 4. The van der Waals surface area contributed by atoms with Crippen molar-refractivity contribution in [3.8, 4) is 0 Å². The fourth-order valence-corrected chi connectivity index (χ4v) is 4.86. The Kier molecular flexibility index (Phi) is 7.46. The molecule has 1 aromatic carbocycles. The van der Waals surface area contributed by atoms with Crippen LogP contribution < -0.4 is 10.6 Å². The quantitative estimate of drug-likeness (QED) is 0.548. The van der Waals surface area contributed by atoms with Gasteiger partial charge in [0.1, 0.15) is 5.88 Å². The van der Waals surface area contributed by atoms with E-state index in [1.165, 1.54) is 0 Å². The van der Waals surface area contributed by atoms with Crippen LogP contribution in [0, 0.1) is 0 Å². The summed E-state index contributed by atoms with van der Waals surface area (Å²) in [6.45, 7) is 1.33. The molecule has 27 heavy (non-hydrogen) atoms. The molecular formula is C15H22BrClN6O3S. The van der Waals surface area contributed by atoms with Gasteiger partial charge < -0.3 is 15.7 Å². The molecule has 1 aromatic heterocycles. The Morgan fingerprint density at radius 2 is 2.00 bits per heavy atom. The number of hydrogen-bond donors (Lipinski definition) is 3. The predicted molar refractivity (Wildman–Crippen MR) is 109 cm³/mol. The third-order valence-electron chi connectivity index (χ3n) is 4.25. The van der Waals surface area contributed by atoms with Crippen molar-refractivity contribution >= 4 is 50.1 Å².